The van der Waals surface area contributed by atoms with Gasteiger partial charge >= 0.3 is 0 Å². The molecule has 0 radical (unpaired) electrons. The average molecular weight is 342 g/mol. The van der Waals surface area contributed by atoms with Crippen molar-refractivity contribution in [2.24, 2.45) is 0 Å². The molecule has 0 spiro atoms. The van der Waals surface area contributed by atoms with Crippen molar-refractivity contribution in [2.75, 3.05) is 0 Å². The van der Waals surface area contributed by atoms with Gasteiger partial charge in [0, 0.05) is 29.4 Å². The van der Waals surface area contributed by atoms with Crippen LogP contribution >= 0.6 is 0 Å². The number of halogens is 2. The van der Waals surface area contributed by atoms with Crippen LogP contribution in [0.3, 0.4) is 0 Å². The Morgan fingerprint density at radius 3 is 2.52 bits per heavy atom. The van der Waals surface area contributed by atoms with Crippen LogP contribution < -0.4 is 5.32 Å². The average Bonchev–Trinajstić information content (AvgIpc) is 3.22. The van der Waals surface area contributed by atoms with Crippen molar-refractivity contribution < 1.29 is 13.6 Å². The van der Waals surface area contributed by atoms with Crippen LogP contribution in [-0.4, -0.2) is 26.5 Å². The molecule has 3 aromatic rings. The van der Waals surface area contributed by atoms with E-state index in [1.807, 2.05) is 0 Å². The maximum absolute atomic E-state index is 13.4. The quantitative estimate of drug-likeness (QED) is 0.794. The van der Waals surface area contributed by atoms with E-state index < -0.39 is 11.6 Å². The van der Waals surface area contributed by atoms with E-state index in [1.165, 1.54) is 12.1 Å². The molecule has 0 bridgehead atoms. The molecule has 128 valence electrons. The predicted octanol–water partition coefficient (Wildman–Crippen LogP) is 3.35. The Morgan fingerprint density at radius 1 is 1.08 bits per heavy atom. The number of nitrogens with zero attached hydrogens (tertiary/aromatic N) is 3. The lowest BCUT2D eigenvalue weighted by Gasteiger charge is -2.11. The van der Waals surface area contributed by atoms with Gasteiger partial charge in [-0.15, -0.1) is 10.2 Å². The molecule has 1 N–H and O–H groups in total. The normalized spacial score (nSPS) is 15.0. The van der Waals surface area contributed by atoms with Crippen molar-refractivity contribution in [2.45, 2.75) is 31.7 Å². The number of pyridine rings is 1. The first kappa shape index (κ1) is 15.7. The van der Waals surface area contributed by atoms with Gasteiger partial charge in [-0.1, -0.05) is 12.8 Å². The molecule has 1 saturated carbocycles. The smallest absolute Gasteiger partial charge is 0.251 e. The molecular formula is C18H16F2N4O. The van der Waals surface area contributed by atoms with Gasteiger partial charge in [-0.3, -0.25) is 9.20 Å². The third-order valence-electron chi connectivity index (χ3n) is 4.48. The number of amides is 1. The Balaban J connectivity index is 1.65. The zero-order valence-electron chi connectivity index (χ0n) is 13.4. The predicted molar refractivity (Wildman–Crippen MR) is 88.1 cm³/mol. The molecule has 0 unspecified atom stereocenters. The summed E-state index contributed by atoms with van der Waals surface area (Å²) in [6.45, 7) is 0. The van der Waals surface area contributed by atoms with E-state index in [9.17, 15) is 13.6 Å². The van der Waals surface area contributed by atoms with E-state index >= 15 is 0 Å². The van der Waals surface area contributed by atoms with Gasteiger partial charge in [0.1, 0.15) is 11.6 Å². The number of benzene rings is 1. The first-order valence-corrected chi connectivity index (χ1v) is 8.22. The Bertz CT molecular complexity index is 927. The second-order valence-electron chi connectivity index (χ2n) is 6.28. The fourth-order valence-electron chi connectivity index (χ4n) is 3.25. The lowest BCUT2D eigenvalue weighted by Crippen LogP contribution is -2.32. The lowest BCUT2D eigenvalue weighted by molar-refractivity contribution is 0.0938. The number of fused-ring (bicyclic) bond motifs is 1. The zero-order valence-corrected chi connectivity index (χ0v) is 13.4. The van der Waals surface area contributed by atoms with Gasteiger partial charge in [0.05, 0.1) is 0 Å². The van der Waals surface area contributed by atoms with E-state index in [1.54, 1.807) is 22.7 Å². The molecule has 0 aliphatic heterocycles. The molecule has 1 aromatic carbocycles. The highest BCUT2D eigenvalue weighted by Crippen LogP contribution is 2.22. The van der Waals surface area contributed by atoms with Crippen LogP contribution in [0.4, 0.5) is 8.78 Å². The second kappa shape index (κ2) is 6.23. The molecule has 0 atom stereocenters. The van der Waals surface area contributed by atoms with Gasteiger partial charge in [0.2, 0.25) is 0 Å². The highest BCUT2D eigenvalue weighted by atomic mass is 19.1. The summed E-state index contributed by atoms with van der Waals surface area (Å²) in [7, 11) is 0. The van der Waals surface area contributed by atoms with E-state index in [4.69, 9.17) is 0 Å². The van der Waals surface area contributed by atoms with Crippen LogP contribution in [0.25, 0.3) is 17.0 Å². The summed E-state index contributed by atoms with van der Waals surface area (Å²) in [5.41, 5.74) is 1.22. The summed E-state index contributed by atoms with van der Waals surface area (Å²) >= 11 is 0. The number of hydrogen-bond donors (Lipinski definition) is 1. The SMILES string of the molecule is O=C(NC1CCCC1)c1ccn2c(-c3cc(F)cc(F)c3)nnc2c1. The van der Waals surface area contributed by atoms with Gasteiger partial charge in [-0.25, -0.2) is 8.78 Å². The first-order chi connectivity index (χ1) is 12.1. The minimum Gasteiger partial charge on any atom is -0.349 e. The molecule has 0 saturated heterocycles. The van der Waals surface area contributed by atoms with Crippen LogP contribution in [0, 0.1) is 11.6 Å². The van der Waals surface area contributed by atoms with Crippen molar-refractivity contribution in [1.82, 2.24) is 19.9 Å². The standard InChI is InChI=1S/C18H16F2N4O/c19-13-7-12(8-14(20)10-13)17-23-22-16-9-11(5-6-24(16)17)18(25)21-15-3-1-2-4-15/h5-10,15H,1-4H2,(H,21,25). The van der Waals surface area contributed by atoms with Gasteiger partial charge in [-0.2, -0.15) is 0 Å². The van der Waals surface area contributed by atoms with Crippen molar-refractivity contribution in [1.29, 1.82) is 0 Å². The summed E-state index contributed by atoms with van der Waals surface area (Å²) in [5, 5.41) is 11.0. The number of hydrogen-bond acceptors (Lipinski definition) is 3. The number of rotatable bonds is 3. The van der Waals surface area contributed by atoms with Gasteiger partial charge in [0.25, 0.3) is 5.91 Å². The van der Waals surface area contributed by atoms with E-state index in [-0.39, 0.29) is 17.5 Å². The molecule has 4 rings (SSSR count). The summed E-state index contributed by atoms with van der Waals surface area (Å²) in [6, 6.07) is 6.70. The number of carbonyl (C=O) groups excluding carboxylic acids is 1. The zero-order chi connectivity index (χ0) is 17.4. The number of aromatic nitrogens is 3. The third-order valence-corrected chi connectivity index (χ3v) is 4.48. The third kappa shape index (κ3) is 3.09. The largest absolute Gasteiger partial charge is 0.349 e. The minimum absolute atomic E-state index is 0.143. The number of nitrogens with one attached hydrogen (secondary N) is 1. The van der Waals surface area contributed by atoms with Gasteiger partial charge in [-0.05, 0) is 37.1 Å². The minimum atomic E-state index is -0.681. The van der Waals surface area contributed by atoms with Crippen LogP contribution in [0.15, 0.2) is 36.5 Å². The maximum Gasteiger partial charge on any atom is 0.251 e. The van der Waals surface area contributed by atoms with Crippen molar-refractivity contribution >= 4 is 11.6 Å². The monoisotopic (exact) mass is 342 g/mol. The molecule has 1 amide bonds. The lowest BCUT2D eigenvalue weighted by atomic mass is 10.2. The summed E-state index contributed by atoms with van der Waals surface area (Å²) in [4.78, 5) is 12.3. The highest BCUT2D eigenvalue weighted by Gasteiger charge is 2.19. The Hall–Kier alpha value is -2.83. The fraction of sp³-hybridized carbons (Fsp3) is 0.278. The second-order valence-corrected chi connectivity index (χ2v) is 6.28. The molecule has 25 heavy (non-hydrogen) atoms. The Morgan fingerprint density at radius 2 is 1.80 bits per heavy atom. The molecule has 5 nitrogen and oxygen atoms in total. The molecule has 2 heterocycles. The highest BCUT2D eigenvalue weighted by molar-refractivity contribution is 5.95. The van der Waals surface area contributed by atoms with E-state index in [0.29, 0.717) is 17.0 Å². The number of carbonyl (C=O) groups is 1. The van der Waals surface area contributed by atoms with Crippen molar-refractivity contribution in [3.8, 4) is 11.4 Å². The van der Waals surface area contributed by atoms with Crippen LogP contribution in [0.5, 0.6) is 0 Å². The molecule has 1 aliphatic carbocycles. The van der Waals surface area contributed by atoms with E-state index in [0.717, 1.165) is 31.7 Å². The topological polar surface area (TPSA) is 59.3 Å². The fourth-order valence-corrected chi connectivity index (χ4v) is 3.25. The van der Waals surface area contributed by atoms with Crippen LogP contribution in [-0.2, 0) is 0 Å². The van der Waals surface area contributed by atoms with Crippen molar-refractivity contribution in [3.63, 3.8) is 0 Å². The molecule has 2 aromatic heterocycles. The van der Waals surface area contributed by atoms with E-state index in [2.05, 4.69) is 15.5 Å². The maximum atomic E-state index is 13.4. The summed E-state index contributed by atoms with van der Waals surface area (Å²) in [5.74, 6) is -1.19. The Labute approximate surface area is 142 Å². The van der Waals surface area contributed by atoms with Gasteiger partial charge in [0.15, 0.2) is 11.5 Å². The van der Waals surface area contributed by atoms with Crippen LogP contribution in [0.2, 0.25) is 0 Å². The van der Waals surface area contributed by atoms with Crippen LogP contribution in [0.1, 0.15) is 36.0 Å². The molecule has 7 heteroatoms. The Kier molecular flexibility index (Phi) is 3.91. The summed E-state index contributed by atoms with van der Waals surface area (Å²) in [6.07, 6.45) is 5.93. The molecular weight excluding hydrogens is 326 g/mol. The molecule has 1 aliphatic rings. The first-order valence-electron chi connectivity index (χ1n) is 8.22. The molecule has 1 fully saturated rings. The summed E-state index contributed by atoms with van der Waals surface area (Å²) < 4.78 is 28.5. The van der Waals surface area contributed by atoms with Gasteiger partial charge < -0.3 is 5.32 Å². The van der Waals surface area contributed by atoms with Crippen molar-refractivity contribution in [3.05, 3.63) is 53.7 Å².